The van der Waals surface area contributed by atoms with E-state index in [9.17, 15) is 14.0 Å². The zero-order valence-corrected chi connectivity index (χ0v) is 9.74. The lowest BCUT2D eigenvalue weighted by Gasteiger charge is -2.15. The molecule has 0 spiro atoms. The molecule has 0 unspecified atom stereocenters. The lowest BCUT2D eigenvalue weighted by atomic mass is 9.87. The molecule has 92 valence electrons. The first-order chi connectivity index (χ1) is 8.50. The number of Topliss-reactive ketones (excluding diaryl/α,β-unsaturated/α-hetero) is 1. The monoisotopic (exact) mass is 246 g/mol. The van der Waals surface area contributed by atoms with E-state index in [0.717, 1.165) is 0 Å². The van der Waals surface area contributed by atoms with Crippen LogP contribution in [0.2, 0.25) is 0 Å². The van der Waals surface area contributed by atoms with E-state index < -0.39 is 17.6 Å². The van der Waals surface area contributed by atoms with Gasteiger partial charge < -0.3 is 5.11 Å². The number of hydrogen-bond acceptors (Lipinski definition) is 2. The maximum Gasteiger partial charge on any atom is 0.339 e. The molecule has 0 heterocycles. The van der Waals surface area contributed by atoms with Gasteiger partial charge in [-0.15, -0.1) is 0 Å². The minimum Gasteiger partial charge on any atom is -0.478 e. The summed E-state index contributed by atoms with van der Waals surface area (Å²) in [4.78, 5) is 23.1. The Bertz CT molecular complexity index is 580. The normalized spacial score (nSPS) is 15.7. The molecular weight excluding hydrogens is 235 g/mol. The summed E-state index contributed by atoms with van der Waals surface area (Å²) in [7, 11) is 0. The Morgan fingerprint density at radius 1 is 1.28 bits per heavy atom. The molecule has 2 rings (SSSR count). The van der Waals surface area contributed by atoms with Gasteiger partial charge in [0.2, 0.25) is 5.78 Å². The van der Waals surface area contributed by atoms with Crippen LogP contribution in [0.3, 0.4) is 0 Å². The molecule has 1 aliphatic carbocycles. The van der Waals surface area contributed by atoms with E-state index >= 15 is 0 Å². The molecule has 0 saturated carbocycles. The highest BCUT2D eigenvalue weighted by Gasteiger charge is 2.27. The van der Waals surface area contributed by atoms with Crippen molar-refractivity contribution < 1.29 is 19.1 Å². The summed E-state index contributed by atoms with van der Waals surface area (Å²) >= 11 is 0. The number of allylic oxidation sites excluding steroid dienone is 3. The first-order valence-corrected chi connectivity index (χ1v) is 5.44. The van der Waals surface area contributed by atoms with Crippen LogP contribution >= 0.6 is 0 Å². The zero-order chi connectivity index (χ0) is 13.3. The number of hydrogen-bond donors (Lipinski definition) is 1. The quantitative estimate of drug-likeness (QED) is 0.816. The Labute approximate surface area is 103 Å². The molecule has 1 aromatic carbocycles. The molecule has 4 heteroatoms. The van der Waals surface area contributed by atoms with Gasteiger partial charge in [0.1, 0.15) is 11.4 Å². The average molecular weight is 246 g/mol. The fourth-order valence-corrected chi connectivity index (χ4v) is 1.94. The molecular formula is C14H11FO3. The predicted molar refractivity (Wildman–Crippen MR) is 64.3 cm³/mol. The van der Waals surface area contributed by atoms with Crippen LogP contribution in [-0.4, -0.2) is 16.9 Å². The van der Waals surface area contributed by atoms with Crippen molar-refractivity contribution >= 4 is 17.3 Å². The average Bonchev–Trinajstić information content (AvgIpc) is 2.30. The van der Waals surface area contributed by atoms with Crippen molar-refractivity contribution in [3.8, 4) is 0 Å². The maximum absolute atomic E-state index is 12.8. The zero-order valence-electron chi connectivity index (χ0n) is 9.74. The second kappa shape index (κ2) is 4.56. The van der Waals surface area contributed by atoms with Crippen LogP contribution in [0.4, 0.5) is 4.39 Å². The molecule has 0 radical (unpaired) electrons. The van der Waals surface area contributed by atoms with E-state index in [1.165, 1.54) is 24.3 Å². The molecule has 0 fully saturated rings. The summed E-state index contributed by atoms with van der Waals surface area (Å²) in [6.07, 6.45) is 2.09. The summed E-state index contributed by atoms with van der Waals surface area (Å²) in [6, 6.07) is 5.43. The van der Waals surface area contributed by atoms with E-state index in [0.29, 0.717) is 23.1 Å². The van der Waals surface area contributed by atoms with Crippen molar-refractivity contribution in [2.75, 3.05) is 0 Å². The first-order valence-electron chi connectivity index (χ1n) is 5.44. The van der Waals surface area contributed by atoms with Crippen molar-refractivity contribution in [2.45, 2.75) is 13.3 Å². The third-order valence-electron chi connectivity index (χ3n) is 2.88. The minimum atomic E-state index is -1.22. The lowest BCUT2D eigenvalue weighted by Crippen LogP contribution is -2.18. The number of aliphatic carboxylic acids is 1. The van der Waals surface area contributed by atoms with Crippen LogP contribution in [-0.2, 0) is 9.59 Å². The Balaban J connectivity index is 2.41. The van der Waals surface area contributed by atoms with Crippen molar-refractivity contribution in [1.82, 2.24) is 0 Å². The van der Waals surface area contributed by atoms with Crippen molar-refractivity contribution in [3.63, 3.8) is 0 Å². The second-order valence-electron chi connectivity index (χ2n) is 4.12. The SMILES string of the molecule is CC1=C(C(=O)O)C(=O)C(c2ccc(F)cc2)=CC1. The molecule has 0 saturated heterocycles. The molecule has 0 aromatic heterocycles. The minimum absolute atomic E-state index is 0.183. The lowest BCUT2D eigenvalue weighted by molar-refractivity contribution is -0.134. The van der Waals surface area contributed by atoms with Gasteiger partial charge in [-0.05, 0) is 31.0 Å². The van der Waals surface area contributed by atoms with Gasteiger partial charge in [0.15, 0.2) is 0 Å². The molecule has 18 heavy (non-hydrogen) atoms. The Morgan fingerprint density at radius 2 is 1.89 bits per heavy atom. The van der Waals surface area contributed by atoms with Crippen LogP contribution in [0.15, 0.2) is 41.5 Å². The third kappa shape index (κ3) is 2.09. The van der Waals surface area contributed by atoms with Crippen LogP contribution in [0.25, 0.3) is 5.57 Å². The fourth-order valence-electron chi connectivity index (χ4n) is 1.94. The number of carboxylic acid groups (broad SMARTS) is 1. The third-order valence-corrected chi connectivity index (χ3v) is 2.88. The fraction of sp³-hybridized carbons (Fsp3) is 0.143. The molecule has 1 N–H and O–H groups in total. The van der Waals surface area contributed by atoms with E-state index in [4.69, 9.17) is 5.11 Å². The molecule has 1 aromatic rings. The van der Waals surface area contributed by atoms with Gasteiger partial charge in [-0.2, -0.15) is 0 Å². The standard InChI is InChI=1S/C14H11FO3/c1-8-2-7-11(13(16)12(8)14(17)18)9-3-5-10(15)6-4-9/h3-7H,2H2,1H3,(H,17,18). The summed E-state index contributed by atoms with van der Waals surface area (Å²) in [5.74, 6) is -2.13. The van der Waals surface area contributed by atoms with E-state index in [-0.39, 0.29) is 5.57 Å². The van der Waals surface area contributed by atoms with E-state index in [1.54, 1.807) is 13.0 Å². The number of carboxylic acids is 1. The van der Waals surface area contributed by atoms with Crippen LogP contribution in [0.1, 0.15) is 18.9 Å². The van der Waals surface area contributed by atoms with Gasteiger partial charge in [-0.1, -0.05) is 23.8 Å². The highest BCUT2D eigenvalue weighted by Crippen LogP contribution is 2.28. The number of halogens is 1. The maximum atomic E-state index is 12.8. The van der Waals surface area contributed by atoms with Gasteiger partial charge >= 0.3 is 5.97 Å². The highest BCUT2D eigenvalue weighted by molar-refractivity contribution is 6.37. The number of rotatable bonds is 2. The largest absolute Gasteiger partial charge is 0.478 e. The Kier molecular flexibility index (Phi) is 3.10. The molecule has 0 bridgehead atoms. The smallest absolute Gasteiger partial charge is 0.339 e. The van der Waals surface area contributed by atoms with Gasteiger partial charge in [0.25, 0.3) is 0 Å². The highest BCUT2D eigenvalue weighted by atomic mass is 19.1. The summed E-state index contributed by atoms with van der Waals surface area (Å²) in [5, 5.41) is 9.02. The summed E-state index contributed by atoms with van der Waals surface area (Å²) in [5.41, 5.74) is 1.21. The predicted octanol–water partition coefficient (Wildman–Crippen LogP) is 2.58. The number of ketones is 1. The van der Waals surface area contributed by atoms with Gasteiger partial charge in [-0.3, -0.25) is 4.79 Å². The van der Waals surface area contributed by atoms with E-state index in [1.807, 2.05) is 0 Å². The molecule has 0 aliphatic heterocycles. The van der Waals surface area contributed by atoms with Gasteiger partial charge in [0, 0.05) is 5.57 Å². The Morgan fingerprint density at radius 3 is 2.44 bits per heavy atom. The van der Waals surface area contributed by atoms with Crippen LogP contribution in [0.5, 0.6) is 0 Å². The molecule has 3 nitrogen and oxygen atoms in total. The molecule has 0 amide bonds. The van der Waals surface area contributed by atoms with E-state index in [2.05, 4.69) is 0 Å². The van der Waals surface area contributed by atoms with Crippen molar-refractivity contribution in [3.05, 3.63) is 52.9 Å². The van der Waals surface area contributed by atoms with Crippen LogP contribution < -0.4 is 0 Å². The second-order valence-corrected chi connectivity index (χ2v) is 4.12. The van der Waals surface area contributed by atoms with Crippen LogP contribution in [0, 0.1) is 5.82 Å². The topological polar surface area (TPSA) is 54.4 Å². The first kappa shape index (κ1) is 12.2. The number of carbonyl (C=O) groups is 2. The van der Waals surface area contributed by atoms with Gasteiger partial charge in [-0.25, -0.2) is 9.18 Å². The number of carbonyl (C=O) groups excluding carboxylic acids is 1. The molecule has 1 aliphatic rings. The van der Waals surface area contributed by atoms with Crippen molar-refractivity contribution in [2.24, 2.45) is 0 Å². The van der Waals surface area contributed by atoms with Gasteiger partial charge in [0.05, 0.1) is 0 Å². The van der Waals surface area contributed by atoms with Crippen molar-refractivity contribution in [1.29, 1.82) is 0 Å². The number of benzene rings is 1. The summed E-state index contributed by atoms with van der Waals surface area (Å²) in [6.45, 7) is 1.62. The molecule has 0 atom stereocenters. The summed E-state index contributed by atoms with van der Waals surface area (Å²) < 4.78 is 12.8. The Hall–Kier alpha value is -2.23.